The maximum atomic E-state index is 12.8. The van der Waals surface area contributed by atoms with Crippen molar-refractivity contribution in [2.45, 2.75) is 70.3 Å². The topological polar surface area (TPSA) is 255 Å². The van der Waals surface area contributed by atoms with Crippen molar-refractivity contribution in [3.63, 3.8) is 0 Å². The smallest absolute Gasteiger partial charge is 0.326 e. The minimum atomic E-state index is -1.48. The van der Waals surface area contributed by atoms with Crippen LogP contribution in [0.5, 0.6) is 0 Å². The molecule has 0 aromatic heterocycles. The molecule has 0 saturated heterocycles. The summed E-state index contributed by atoms with van der Waals surface area (Å²) in [4.78, 5) is 52.9. The molecule has 0 bridgehead atoms. The van der Waals surface area contributed by atoms with Crippen molar-refractivity contribution < 1.29 is 34.5 Å². The van der Waals surface area contributed by atoms with Gasteiger partial charge in [0, 0.05) is 6.54 Å². The summed E-state index contributed by atoms with van der Waals surface area (Å²) in [5, 5.41) is 35.4. The molecule has 3 amide bonds. The summed E-state index contributed by atoms with van der Waals surface area (Å²) >= 11 is 0. The van der Waals surface area contributed by atoms with Gasteiger partial charge in [-0.1, -0.05) is 20.3 Å². The largest absolute Gasteiger partial charge is 0.480 e. The van der Waals surface area contributed by atoms with Crippen molar-refractivity contribution in [1.82, 2.24) is 16.0 Å². The van der Waals surface area contributed by atoms with Crippen LogP contribution in [0.2, 0.25) is 0 Å². The molecule has 0 spiro atoms. The van der Waals surface area contributed by atoms with E-state index in [0.29, 0.717) is 6.42 Å². The third-order valence-corrected chi connectivity index (χ3v) is 4.95. The quantitative estimate of drug-likeness (QED) is 0.0636. The highest BCUT2D eigenvalue weighted by atomic mass is 16.4. The number of hydrogen-bond acceptors (Lipinski definition) is 8. The number of nitrogens with zero attached hydrogens (tertiary/aromatic N) is 1. The number of carbonyl (C=O) groups excluding carboxylic acids is 3. The Morgan fingerprint density at radius 2 is 1.55 bits per heavy atom. The Balaban J connectivity index is 5.57. The minimum Gasteiger partial charge on any atom is -0.480 e. The van der Waals surface area contributed by atoms with Gasteiger partial charge in [0.1, 0.15) is 24.2 Å². The zero-order valence-corrected chi connectivity index (χ0v) is 19.2. The lowest BCUT2D eigenvalue weighted by molar-refractivity contribution is -0.144. The van der Waals surface area contributed by atoms with E-state index in [1.165, 1.54) is 6.92 Å². The monoisotopic (exact) mass is 475 g/mol. The van der Waals surface area contributed by atoms with Crippen LogP contribution in [0.15, 0.2) is 4.99 Å². The number of carboxylic acids is 1. The summed E-state index contributed by atoms with van der Waals surface area (Å²) in [5.74, 6) is -4.30. The van der Waals surface area contributed by atoms with Gasteiger partial charge in [-0.25, -0.2) is 4.79 Å². The highest BCUT2D eigenvalue weighted by molar-refractivity contribution is 5.94. The number of aliphatic carboxylic acids is 1. The third kappa shape index (κ3) is 10.9. The van der Waals surface area contributed by atoms with Crippen molar-refractivity contribution in [3.05, 3.63) is 0 Å². The van der Waals surface area contributed by atoms with E-state index in [2.05, 4.69) is 20.9 Å². The molecule has 0 saturated carbocycles. The number of guanidine groups is 1. The van der Waals surface area contributed by atoms with E-state index in [1.54, 1.807) is 13.8 Å². The van der Waals surface area contributed by atoms with Crippen LogP contribution in [-0.2, 0) is 19.2 Å². The van der Waals surface area contributed by atoms with Crippen LogP contribution >= 0.6 is 0 Å². The van der Waals surface area contributed by atoms with Crippen molar-refractivity contribution in [2.24, 2.45) is 28.1 Å². The Morgan fingerprint density at radius 3 is 2.00 bits per heavy atom. The van der Waals surface area contributed by atoms with Crippen LogP contribution in [0.1, 0.15) is 40.0 Å². The Kier molecular flexibility index (Phi) is 13.6. The number of carbonyl (C=O) groups is 4. The van der Waals surface area contributed by atoms with Gasteiger partial charge in [0.15, 0.2) is 5.96 Å². The molecule has 190 valence electrons. The number of aliphatic hydroxyl groups is 2. The molecule has 0 aromatic carbocycles. The van der Waals surface area contributed by atoms with E-state index in [-0.39, 0.29) is 31.3 Å². The molecule has 14 heteroatoms. The summed E-state index contributed by atoms with van der Waals surface area (Å²) in [6.07, 6.45) is -0.576. The standard InChI is InChI=1S/C19H37N7O7/c1-4-9(2)13(18(32)33)25-16(30)12(6-5-7-23-19(21)22)24-17(31)14(10(3)28)26-15(29)11(20)8-27/h9-14,27-28H,4-8,20H2,1-3H3,(H,24,31)(H,25,30)(H,26,29)(H,32,33)(H4,21,22,23). The number of aliphatic hydroxyl groups excluding tert-OH is 2. The average Bonchev–Trinajstić information content (AvgIpc) is 2.75. The number of nitrogens with one attached hydrogen (secondary N) is 3. The summed E-state index contributed by atoms with van der Waals surface area (Å²) in [6.45, 7) is 4.15. The second-order valence-electron chi connectivity index (χ2n) is 7.74. The van der Waals surface area contributed by atoms with Crippen LogP contribution in [-0.4, -0.2) is 88.4 Å². The number of hydrogen-bond donors (Lipinski definition) is 9. The van der Waals surface area contributed by atoms with E-state index in [9.17, 15) is 29.4 Å². The van der Waals surface area contributed by atoms with Gasteiger partial charge < -0.3 is 48.5 Å². The van der Waals surface area contributed by atoms with E-state index >= 15 is 0 Å². The maximum Gasteiger partial charge on any atom is 0.326 e. The first-order chi connectivity index (χ1) is 15.3. The number of rotatable bonds is 15. The van der Waals surface area contributed by atoms with Gasteiger partial charge in [0.05, 0.1) is 12.7 Å². The van der Waals surface area contributed by atoms with Gasteiger partial charge in [-0.2, -0.15) is 0 Å². The third-order valence-electron chi connectivity index (χ3n) is 4.95. The highest BCUT2D eigenvalue weighted by Gasteiger charge is 2.33. The lowest BCUT2D eigenvalue weighted by Gasteiger charge is -2.27. The number of carboxylic acid groups (broad SMARTS) is 1. The molecule has 0 fully saturated rings. The van der Waals surface area contributed by atoms with Gasteiger partial charge in [0.25, 0.3) is 0 Å². The number of aliphatic imine (C=N–C) groups is 1. The molecule has 33 heavy (non-hydrogen) atoms. The first-order valence-electron chi connectivity index (χ1n) is 10.6. The Hall–Kier alpha value is -2.97. The molecule has 0 radical (unpaired) electrons. The van der Waals surface area contributed by atoms with Gasteiger partial charge in [0.2, 0.25) is 17.7 Å². The average molecular weight is 476 g/mol. The van der Waals surface area contributed by atoms with Crippen molar-refractivity contribution in [2.75, 3.05) is 13.2 Å². The molecule has 14 nitrogen and oxygen atoms in total. The lowest BCUT2D eigenvalue weighted by Crippen LogP contribution is -2.60. The predicted octanol–water partition coefficient (Wildman–Crippen LogP) is -3.67. The Morgan fingerprint density at radius 1 is 0.970 bits per heavy atom. The zero-order valence-electron chi connectivity index (χ0n) is 19.2. The van der Waals surface area contributed by atoms with Crippen LogP contribution in [0.3, 0.4) is 0 Å². The van der Waals surface area contributed by atoms with Gasteiger partial charge in [-0.3, -0.25) is 19.4 Å². The van der Waals surface area contributed by atoms with Crippen molar-refractivity contribution in [3.8, 4) is 0 Å². The first-order valence-corrected chi connectivity index (χ1v) is 10.6. The molecule has 0 rings (SSSR count). The minimum absolute atomic E-state index is 0.0395. The van der Waals surface area contributed by atoms with Gasteiger partial charge in [-0.15, -0.1) is 0 Å². The second-order valence-corrected chi connectivity index (χ2v) is 7.74. The summed E-state index contributed by atoms with van der Waals surface area (Å²) in [6, 6.07) is -5.19. The Labute approximate surface area is 192 Å². The fourth-order valence-corrected chi connectivity index (χ4v) is 2.72. The first kappa shape index (κ1) is 30.0. The lowest BCUT2D eigenvalue weighted by atomic mass is 9.98. The van der Waals surface area contributed by atoms with Crippen LogP contribution < -0.4 is 33.2 Å². The summed E-state index contributed by atoms with van der Waals surface area (Å²) in [5.41, 5.74) is 16.0. The maximum absolute atomic E-state index is 12.8. The molecule has 12 N–H and O–H groups in total. The van der Waals surface area contributed by atoms with Crippen molar-refractivity contribution in [1.29, 1.82) is 0 Å². The molecule has 0 aromatic rings. The number of nitrogens with two attached hydrogens (primary N) is 3. The molecule has 0 aliphatic heterocycles. The fraction of sp³-hybridized carbons (Fsp3) is 0.737. The predicted molar refractivity (Wildman–Crippen MR) is 120 cm³/mol. The molecule has 6 unspecified atom stereocenters. The normalized spacial score (nSPS) is 16.3. The molecule has 0 aliphatic rings. The van der Waals surface area contributed by atoms with Gasteiger partial charge >= 0.3 is 5.97 Å². The second kappa shape index (κ2) is 15.0. The van der Waals surface area contributed by atoms with E-state index in [4.69, 9.17) is 22.3 Å². The molecule has 6 atom stereocenters. The van der Waals surface area contributed by atoms with E-state index in [0.717, 1.165) is 0 Å². The SMILES string of the molecule is CCC(C)C(NC(=O)C(CCCN=C(N)N)NC(=O)C(NC(=O)C(N)CO)C(C)O)C(=O)O. The molecular weight excluding hydrogens is 438 g/mol. The molecule has 0 aliphatic carbocycles. The summed E-state index contributed by atoms with van der Waals surface area (Å²) in [7, 11) is 0. The zero-order chi connectivity index (χ0) is 25.7. The molecule has 0 heterocycles. The van der Waals surface area contributed by atoms with Crippen molar-refractivity contribution >= 4 is 29.7 Å². The van der Waals surface area contributed by atoms with E-state index in [1.807, 2.05) is 0 Å². The van der Waals surface area contributed by atoms with Crippen LogP contribution in [0.4, 0.5) is 0 Å². The fourth-order valence-electron chi connectivity index (χ4n) is 2.72. The molecular formula is C19H37N7O7. The van der Waals surface area contributed by atoms with Crippen LogP contribution in [0, 0.1) is 5.92 Å². The summed E-state index contributed by atoms with van der Waals surface area (Å²) < 4.78 is 0. The van der Waals surface area contributed by atoms with Gasteiger partial charge in [-0.05, 0) is 25.7 Å². The van der Waals surface area contributed by atoms with E-state index < -0.39 is 60.6 Å². The highest BCUT2D eigenvalue weighted by Crippen LogP contribution is 2.10. The van der Waals surface area contributed by atoms with Crippen LogP contribution in [0.25, 0.3) is 0 Å². The number of amides is 3. The Bertz CT molecular complexity index is 698.